The predicted molar refractivity (Wildman–Crippen MR) is 190 cm³/mol. The molecule has 0 fully saturated rings. The maximum atomic E-state index is 5.18. The van der Waals surface area contributed by atoms with E-state index in [-0.39, 0.29) is 0 Å². The Labute approximate surface area is 268 Å². The van der Waals surface area contributed by atoms with Crippen LogP contribution >= 0.6 is 0 Å². The number of hydrogen-bond donors (Lipinski definition) is 0. The zero-order valence-electron chi connectivity index (χ0n) is 25.1. The quantitative estimate of drug-likeness (QED) is 0.194. The molecule has 0 aliphatic carbocycles. The molecular weight excluding hydrogens is 558 g/mol. The van der Waals surface area contributed by atoms with Crippen molar-refractivity contribution >= 4 is 10.8 Å². The lowest BCUT2D eigenvalue weighted by Gasteiger charge is -2.12. The van der Waals surface area contributed by atoms with E-state index >= 15 is 0 Å². The fourth-order valence-electron chi connectivity index (χ4n) is 6.00. The number of rotatable bonds is 6. The van der Waals surface area contributed by atoms with Crippen molar-refractivity contribution in [3.8, 4) is 67.4 Å². The molecule has 0 unspecified atom stereocenters. The minimum Gasteiger partial charge on any atom is -0.256 e. The Hall–Kier alpha value is -6.19. The van der Waals surface area contributed by atoms with Gasteiger partial charge in [0.15, 0.2) is 5.82 Å². The molecular formula is C43H29N3. The molecule has 0 amide bonds. The van der Waals surface area contributed by atoms with Gasteiger partial charge in [0, 0.05) is 33.8 Å². The number of hydrogen-bond acceptors (Lipinski definition) is 3. The van der Waals surface area contributed by atoms with Crippen LogP contribution in [0.4, 0.5) is 0 Å². The highest BCUT2D eigenvalue weighted by Crippen LogP contribution is 2.34. The van der Waals surface area contributed by atoms with Crippen LogP contribution in [0.5, 0.6) is 0 Å². The molecule has 0 N–H and O–H groups in total. The van der Waals surface area contributed by atoms with Gasteiger partial charge in [-0.25, -0.2) is 9.97 Å². The first-order chi connectivity index (χ1) is 22.8. The number of fused-ring (bicyclic) bond motifs is 1. The third-order valence-corrected chi connectivity index (χ3v) is 8.32. The summed E-state index contributed by atoms with van der Waals surface area (Å²) in [6, 6.07) is 59.0. The molecule has 0 aliphatic rings. The van der Waals surface area contributed by atoms with Gasteiger partial charge in [-0.1, -0.05) is 140 Å². The third-order valence-electron chi connectivity index (χ3n) is 8.32. The van der Waals surface area contributed by atoms with Gasteiger partial charge in [-0.2, -0.15) is 0 Å². The fraction of sp³-hybridized carbons (Fsp3) is 0. The normalized spacial score (nSPS) is 11.0. The summed E-state index contributed by atoms with van der Waals surface area (Å²) in [4.78, 5) is 15.1. The highest BCUT2D eigenvalue weighted by molar-refractivity contribution is 5.95. The molecule has 0 bridgehead atoms. The van der Waals surface area contributed by atoms with Crippen LogP contribution in [0.1, 0.15) is 0 Å². The number of aromatic nitrogens is 3. The zero-order valence-corrected chi connectivity index (χ0v) is 25.1. The molecule has 0 aliphatic heterocycles. The molecule has 8 aromatic rings. The lowest BCUT2D eigenvalue weighted by Crippen LogP contribution is -1.97. The van der Waals surface area contributed by atoms with Crippen molar-refractivity contribution in [3.63, 3.8) is 0 Å². The Balaban J connectivity index is 1.29. The van der Waals surface area contributed by atoms with E-state index in [0.29, 0.717) is 5.82 Å². The average Bonchev–Trinajstić information content (AvgIpc) is 3.15. The van der Waals surface area contributed by atoms with Gasteiger partial charge < -0.3 is 0 Å². The molecule has 2 aromatic heterocycles. The highest BCUT2D eigenvalue weighted by atomic mass is 14.9. The van der Waals surface area contributed by atoms with E-state index in [1.807, 2.05) is 18.3 Å². The molecule has 0 atom stereocenters. The van der Waals surface area contributed by atoms with Gasteiger partial charge in [0.2, 0.25) is 0 Å². The van der Waals surface area contributed by atoms with Crippen LogP contribution in [0, 0.1) is 0 Å². The van der Waals surface area contributed by atoms with Crippen molar-refractivity contribution in [2.45, 2.75) is 0 Å². The van der Waals surface area contributed by atoms with Gasteiger partial charge in [0.1, 0.15) is 0 Å². The molecule has 216 valence electrons. The van der Waals surface area contributed by atoms with E-state index in [0.717, 1.165) is 61.2 Å². The first kappa shape index (κ1) is 27.4. The largest absolute Gasteiger partial charge is 0.256 e. The summed E-state index contributed by atoms with van der Waals surface area (Å²) in [5.41, 5.74) is 11.4. The lowest BCUT2D eigenvalue weighted by atomic mass is 9.99. The Morgan fingerprint density at radius 1 is 0.326 bits per heavy atom. The van der Waals surface area contributed by atoms with Gasteiger partial charge >= 0.3 is 0 Å². The van der Waals surface area contributed by atoms with Crippen molar-refractivity contribution in [3.05, 3.63) is 176 Å². The van der Waals surface area contributed by atoms with Crippen molar-refractivity contribution in [2.75, 3.05) is 0 Å². The minimum absolute atomic E-state index is 0.671. The van der Waals surface area contributed by atoms with E-state index in [2.05, 4.69) is 158 Å². The molecule has 46 heavy (non-hydrogen) atoms. The van der Waals surface area contributed by atoms with Crippen LogP contribution in [-0.4, -0.2) is 15.0 Å². The molecule has 2 heterocycles. The molecule has 3 nitrogen and oxygen atoms in total. The topological polar surface area (TPSA) is 38.7 Å². The maximum absolute atomic E-state index is 5.18. The van der Waals surface area contributed by atoms with Crippen LogP contribution in [-0.2, 0) is 0 Å². The van der Waals surface area contributed by atoms with Gasteiger partial charge in [0.05, 0.1) is 17.1 Å². The average molecular weight is 588 g/mol. The van der Waals surface area contributed by atoms with Crippen molar-refractivity contribution in [2.24, 2.45) is 0 Å². The Morgan fingerprint density at radius 2 is 0.804 bits per heavy atom. The third kappa shape index (κ3) is 5.47. The van der Waals surface area contributed by atoms with Crippen LogP contribution in [0.25, 0.3) is 78.2 Å². The monoisotopic (exact) mass is 587 g/mol. The van der Waals surface area contributed by atoms with Crippen molar-refractivity contribution < 1.29 is 0 Å². The Kier molecular flexibility index (Phi) is 7.18. The summed E-state index contributed by atoms with van der Waals surface area (Å²) in [5, 5.41) is 2.28. The molecule has 0 saturated carbocycles. The van der Waals surface area contributed by atoms with Gasteiger partial charge in [-0.05, 0) is 58.0 Å². The van der Waals surface area contributed by atoms with Gasteiger partial charge in [-0.15, -0.1) is 0 Å². The predicted octanol–water partition coefficient (Wildman–Crippen LogP) is 11.0. The molecule has 8 rings (SSSR count). The standard InChI is InChI=1S/C43H29N3/c1-3-12-30(13-4-1)33-17-9-19-35(26-33)40-29-41(36-20-10-18-34(27-36)31-14-5-2-6-15-31)46-43(45-40)38-22-11-21-37(28-38)42-39-23-8-7-16-32(39)24-25-44-42/h1-29H. The minimum atomic E-state index is 0.671. The van der Waals surface area contributed by atoms with E-state index in [1.54, 1.807) is 0 Å². The molecule has 0 spiro atoms. The van der Waals surface area contributed by atoms with Crippen LogP contribution in [0.2, 0.25) is 0 Å². The summed E-state index contributed by atoms with van der Waals surface area (Å²) in [5.74, 6) is 0.671. The molecule has 0 radical (unpaired) electrons. The SMILES string of the molecule is c1ccc(-c2cccc(-c3cc(-c4cccc(-c5ccccc5)c4)nc(-c4cccc(-c5nccc6ccccc56)c4)n3)c2)cc1. The van der Waals surface area contributed by atoms with E-state index in [9.17, 15) is 0 Å². The van der Waals surface area contributed by atoms with Crippen LogP contribution in [0.15, 0.2) is 176 Å². The summed E-state index contributed by atoms with van der Waals surface area (Å²) in [6.07, 6.45) is 1.87. The second-order valence-corrected chi connectivity index (χ2v) is 11.3. The summed E-state index contributed by atoms with van der Waals surface area (Å²) >= 11 is 0. The molecule has 3 heteroatoms. The van der Waals surface area contributed by atoms with E-state index in [1.165, 1.54) is 11.1 Å². The first-order valence-corrected chi connectivity index (χ1v) is 15.4. The summed E-state index contributed by atoms with van der Waals surface area (Å²) < 4.78 is 0. The van der Waals surface area contributed by atoms with Crippen LogP contribution in [0.3, 0.4) is 0 Å². The summed E-state index contributed by atoms with van der Waals surface area (Å²) in [7, 11) is 0. The van der Waals surface area contributed by atoms with Crippen LogP contribution < -0.4 is 0 Å². The van der Waals surface area contributed by atoms with Crippen molar-refractivity contribution in [1.29, 1.82) is 0 Å². The number of pyridine rings is 1. The van der Waals surface area contributed by atoms with E-state index in [4.69, 9.17) is 15.0 Å². The molecule has 0 saturated heterocycles. The van der Waals surface area contributed by atoms with E-state index < -0.39 is 0 Å². The number of benzene rings is 6. The second-order valence-electron chi connectivity index (χ2n) is 11.3. The molecule has 6 aromatic carbocycles. The highest BCUT2D eigenvalue weighted by Gasteiger charge is 2.14. The summed E-state index contributed by atoms with van der Waals surface area (Å²) in [6.45, 7) is 0. The smallest absolute Gasteiger partial charge is 0.160 e. The lowest BCUT2D eigenvalue weighted by molar-refractivity contribution is 1.18. The fourth-order valence-corrected chi connectivity index (χ4v) is 6.00. The number of nitrogens with zero attached hydrogens (tertiary/aromatic N) is 3. The maximum Gasteiger partial charge on any atom is 0.160 e. The first-order valence-electron chi connectivity index (χ1n) is 15.4. The van der Waals surface area contributed by atoms with Gasteiger partial charge in [-0.3, -0.25) is 4.98 Å². The Morgan fingerprint density at radius 3 is 1.43 bits per heavy atom. The zero-order chi connectivity index (χ0) is 30.7. The van der Waals surface area contributed by atoms with Gasteiger partial charge in [0.25, 0.3) is 0 Å². The van der Waals surface area contributed by atoms with Crippen molar-refractivity contribution in [1.82, 2.24) is 15.0 Å². The second kappa shape index (κ2) is 12.1. The Bertz CT molecular complexity index is 2200.